The predicted octanol–water partition coefficient (Wildman–Crippen LogP) is 3.72. The molecule has 1 rings (SSSR count). The minimum absolute atomic E-state index is 0.581. The first-order chi connectivity index (χ1) is 5.61. The standard InChI is InChI=1S/C12H18/c1-9(2)12-7-5-6-10(3)8-11(12)4/h5-10H,1-4H3. The lowest BCUT2D eigenvalue weighted by molar-refractivity contribution is 0.774. The fourth-order valence-electron chi connectivity index (χ4n) is 1.66. The van der Waals surface area contributed by atoms with E-state index in [0.29, 0.717) is 11.8 Å². The average Bonchev–Trinajstić information content (AvgIpc) is 2.10. The highest BCUT2D eigenvalue weighted by Gasteiger charge is 2.07. The van der Waals surface area contributed by atoms with Crippen LogP contribution in [-0.4, -0.2) is 0 Å². The maximum absolute atomic E-state index is 2.33. The maximum atomic E-state index is 2.33. The largest absolute Gasteiger partial charge is 0.0779 e. The third-order valence-electron chi connectivity index (χ3n) is 2.28. The Morgan fingerprint density at radius 1 is 1.33 bits per heavy atom. The van der Waals surface area contributed by atoms with Crippen LogP contribution in [0.3, 0.4) is 0 Å². The van der Waals surface area contributed by atoms with Crippen molar-refractivity contribution in [3.63, 3.8) is 0 Å². The van der Waals surface area contributed by atoms with Gasteiger partial charge in [0.2, 0.25) is 0 Å². The molecule has 0 heterocycles. The number of rotatable bonds is 1. The molecule has 0 aromatic rings. The van der Waals surface area contributed by atoms with E-state index in [1.54, 1.807) is 0 Å². The molecule has 0 bridgehead atoms. The summed E-state index contributed by atoms with van der Waals surface area (Å²) >= 11 is 0. The summed E-state index contributed by atoms with van der Waals surface area (Å²) in [5, 5.41) is 0. The van der Waals surface area contributed by atoms with Crippen LogP contribution in [0.4, 0.5) is 0 Å². The number of hydrogen-bond donors (Lipinski definition) is 0. The van der Waals surface area contributed by atoms with Gasteiger partial charge in [-0.3, -0.25) is 0 Å². The molecule has 0 saturated heterocycles. The van der Waals surface area contributed by atoms with Crippen LogP contribution in [0.2, 0.25) is 0 Å². The minimum Gasteiger partial charge on any atom is -0.0779 e. The van der Waals surface area contributed by atoms with Gasteiger partial charge in [0.25, 0.3) is 0 Å². The highest BCUT2D eigenvalue weighted by molar-refractivity contribution is 5.36. The molecule has 0 radical (unpaired) electrons. The van der Waals surface area contributed by atoms with Crippen LogP contribution in [0.1, 0.15) is 27.7 Å². The van der Waals surface area contributed by atoms with Crippen LogP contribution in [0.15, 0.2) is 35.5 Å². The number of hydrogen-bond acceptors (Lipinski definition) is 0. The van der Waals surface area contributed by atoms with E-state index in [4.69, 9.17) is 0 Å². The van der Waals surface area contributed by atoms with Gasteiger partial charge in [0, 0.05) is 0 Å². The smallest absolute Gasteiger partial charge is 0.00729 e. The zero-order valence-corrected chi connectivity index (χ0v) is 8.46. The molecule has 0 heteroatoms. The second kappa shape index (κ2) is 3.75. The van der Waals surface area contributed by atoms with Gasteiger partial charge in [-0.25, -0.2) is 0 Å². The van der Waals surface area contributed by atoms with Crippen molar-refractivity contribution >= 4 is 0 Å². The molecule has 0 fully saturated rings. The molecule has 0 amide bonds. The third-order valence-corrected chi connectivity index (χ3v) is 2.28. The molecule has 0 N–H and O–H groups in total. The summed E-state index contributed by atoms with van der Waals surface area (Å²) in [7, 11) is 0. The molecule has 1 aliphatic rings. The quantitative estimate of drug-likeness (QED) is 0.551. The Labute approximate surface area is 75.7 Å². The van der Waals surface area contributed by atoms with Crippen molar-refractivity contribution in [1.29, 1.82) is 0 Å². The molecular formula is C12H18. The van der Waals surface area contributed by atoms with E-state index in [1.807, 2.05) is 0 Å². The van der Waals surface area contributed by atoms with Crippen LogP contribution < -0.4 is 0 Å². The molecule has 1 atom stereocenters. The molecule has 1 aliphatic carbocycles. The summed E-state index contributed by atoms with van der Waals surface area (Å²) in [5.74, 6) is 1.22. The molecule has 0 aromatic heterocycles. The Morgan fingerprint density at radius 2 is 2.00 bits per heavy atom. The van der Waals surface area contributed by atoms with Gasteiger partial charge in [-0.2, -0.15) is 0 Å². The van der Waals surface area contributed by atoms with E-state index in [0.717, 1.165) is 0 Å². The van der Waals surface area contributed by atoms with Gasteiger partial charge >= 0.3 is 0 Å². The fourth-order valence-corrected chi connectivity index (χ4v) is 1.66. The van der Waals surface area contributed by atoms with Crippen LogP contribution in [-0.2, 0) is 0 Å². The zero-order valence-electron chi connectivity index (χ0n) is 8.46. The lowest BCUT2D eigenvalue weighted by Gasteiger charge is -2.10. The van der Waals surface area contributed by atoms with E-state index in [1.165, 1.54) is 11.1 Å². The first kappa shape index (κ1) is 9.31. The Hall–Kier alpha value is -0.780. The van der Waals surface area contributed by atoms with E-state index >= 15 is 0 Å². The Bertz CT molecular complexity index is 239. The van der Waals surface area contributed by atoms with Gasteiger partial charge in [0.15, 0.2) is 0 Å². The molecule has 0 spiro atoms. The third kappa shape index (κ3) is 2.10. The van der Waals surface area contributed by atoms with E-state index < -0.39 is 0 Å². The topological polar surface area (TPSA) is 0 Å². The molecular weight excluding hydrogens is 144 g/mol. The van der Waals surface area contributed by atoms with Gasteiger partial charge in [-0.05, 0) is 24.3 Å². The average molecular weight is 162 g/mol. The second-order valence-corrected chi connectivity index (χ2v) is 3.87. The van der Waals surface area contributed by atoms with Gasteiger partial charge in [0.1, 0.15) is 0 Å². The Morgan fingerprint density at radius 3 is 2.58 bits per heavy atom. The molecule has 0 aromatic carbocycles. The van der Waals surface area contributed by atoms with Crippen molar-refractivity contribution < 1.29 is 0 Å². The summed E-state index contributed by atoms with van der Waals surface area (Å²) in [6, 6.07) is 0. The first-order valence-electron chi connectivity index (χ1n) is 4.68. The van der Waals surface area contributed by atoms with Crippen LogP contribution in [0.25, 0.3) is 0 Å². The van der Waals surface area contributed by atoms with Crippen LogP contribution in [0.5, 0.6) is 0 Å². The van der Waals surface area contributed by atoms with Crippen molar-refractivity contribution in [3.05, 3.63) is 35.5 Å². The van der Waals surface area contributed by atoms with Crippen molar-refractivity contribution in [2.45, 2.75) is 27.7 Å². The second-order valence-electron chi connectivity index (χ2n) is 3.87. The molecule has 1 unspecified atom stereocenters. The summed E-state index contributed by atoms with van der Waals surface area (Å²) in [5.41, 5.74) is 2.90. The Kier molecular flexibility index (Phi) is 2.91. The van der Waals surface area contributed by atoms with Gasteiger partial charge < -0.3 is 0 Å². The SMILES string of the molecule is CC1=CC(C)C=CC=C1C(C)C. The first-order valence-corrected chi connectivity index (χ1v) is 4.68. The lowest BCUT2D eigenvalue weighted by atomic mass is 9.95. The van der Waals surface area contributed by atoms with Gasteiger partial charge in [-0.1, -0.05) is 50.6 Å². The van der Waals surface area contributed by atoms with Crippen molar-refractivity contribution in [2.24, 2.45) is 11.8 Å². The van der Waals surface area contributed by atoms with Crippen LogP contribution in [0, 0.1) is 11.8 Å². The van der Waals surface area contributed by atoms with Crippen molar-refractivity contribution in [2.75, 3.05) is 0 Å². The zero-order chi connectivity index (χ0) is 9.14. The van der Waals surface area contributed by atoms with E-state index in [9.17, 15) is 0 Å². The van der Waals surface area contributed by atoms with E-state index in [2.05, 4.69) is 52.0 Å². The highest BCUT2D eigenvalue weighted by Crippen LogP contribution is 2.23. The molecule has 0 saturated carbocycles. The fraction of sp³-hybridized carbons (Fsp3) is 0.500. The molecule has 66 valence electrons. The van der Waals surface area contributed by atoms with Gasteiger partial charge in [-0.15, -0.1) is 0 Å². The lowest BCUT2D eigenvalue weighted by Crippen LogP contribution is -1.95. The number of allylic oxidation sites excluding steroid dienone is 6. The van der Waals surface area contributed by atoms with Crippen LogP contribution >= 0.6 is 0 Å². The van der Waals surface area contributed by atoms with Crippen molar-refractivity contribution in [1.82, 2.24) is 0 Å². The summed E-state index contributed by atoms with van der Waals surface area (Å²) in [4.78, 5) is 0. The Balaban J connectivity index is 2.94. The van der Waals surface area contributed by atoms with Crippen molar-refractivity contribution in [3.8, 4) is 0 Å². The minimum atomic E-state index is 0.581. The monoisotopic (exact) mass is 162 g/mol. The summed E-state index contributed by atoms with van der Waals surface area (Å²) in [6.07, 6.45) is 8.97. The molecule has 0 nitrogen and oxygen atoms in total. The summed E-state index contributed by atoms with van der Waals surface area (Å²) < 4.78 is 0. The maximum Gasteiger partial charge on any atom is -0.00729 e. The summed E-state index contributed by atoms with van der Waals surface area (Å²) in [6.45, 7) is 8.91. The van der Waals surface area contributed by atoms with Gasteiger partial charge in [0.05, 0.1) is 0 Å². The highest BCUT2D eigenvalue weighted by atomic mass is 14.1. The normalized spacial score (nSPS) is 23.6. The molecule has 0 aliphatic heterocycles. The molecule has 12 heavy (non-hydrogen) atoms. The van der Waals surface area contributed by atoms with E-state index in [-0.39, 0.29) is 0 Å². The predicted molar refractivity (Wildman–Crippen MR) is 55.0 cm³/mol.